The van der Waals surface area contributed by atoms with Crippen molar-refractivity contribution in [2.75, 3.05) is 6.54 Å². The second-order valence-electron chi connectivity index (χ2n) is 5.50. The van der Waals surface area contributed by atoms with Crippen LogP contribution in [0.4, 0.5) is 0 Å². The summed E-state index contributed by atoms with van der Waals surface area (Å²) < 4.78 is 0. The number of nitrogens with zero attached hydrogens (tertiary/aromatic N) is 1. The van der Waals surface area contributed by atoms with Crippen molar-refractivity contribution < 1.29 is 4.79 Å². The van der Waals surface area contributed by atoms with E-state index in [0.29, 0.717) is 19.5 Å². The van der Waals surface area contributed by atoms with Gasteiger partial charge in [-0.05, 0) is 29.5 Å². The molecule has 4 heteroatoms. The van der Waals surface area contributed by atoms with Crippen LogP contribution in [-0.2, 0) is 17.8 Å². The summed E-state index contributed by atoms with van der Waals surface area (Å²) in [5, 5.41) is 3.24. The molecule has 118 valence electrons. The molecule has 0 spiro atoms. The average molecular weight is 324 g/mol. The molecule has 0 saturated heterocycles. The molecular formula is C19H20N2OS. The Kier molecular flexibility index (Phi) is 4.93. The average Bonchev–Trinajstić information content (AvgIpc) is 3.22. The normalized spacial score (nSPS) is 10.8. The third kappa shape index (κ3) is 3.71. The second-order valence-corrected chi connectivity index (χ2v) is 6.53. The zero-order chi connectivity index (χ0) is 16.1. The van der Waals surface area contributed by atoms with E-state index in [9.17, 15) is 4.79 Å². The number of carbonyl (C=O) groups excluding carboxylic acids is 1. The fourth-order valence-electron chi connectivity index (χ4n) is 2.74. The van der Waals surface area contributed by atoms with E-state index in [1.54, 1.807) is 17.4 Å². The highest BCUT2D eigenvalue weighted by Crippen LogP contribution is 2.20. The number of aryl methyl sites for hydroxylation is 1. The largest absolute Gasteiger partial charge is 0.361 e. The number of hydrogen-bond donors (Lipinski definition) is 1. The van der Waals surface area contributed by atoms with E-state index < -0.39 is 0 Å². The highest BCUT2D eigenvalue weighted by atomic mass is 32.1. The number of thiophene rings is 1. The maximum Gasteiger partial charge on any atom is 0.223 e. The molecule has 1 N–H and O–H groups in total. The number of benzene rings is 1. The monoisotopic (exact) mass is 324 g/mol. The standard InChI is InChI=1S/C19H20N2OS/c1-2-11-21(14-16-6-5-12-23-16)19(22)10-9-15-13-20-18-8-4-3-7-17(15)18/h2-8,12-13,20H,1,9-11,14H2. The first-order chi connectivity index (χ1) is 11.3. The van der Waals surface area contributed by atoms with Gasteiger partial charge in [-0.25, -0.2) is 0 Å². The minimum absolute atomic E-state index is 0.170. The maximum atomic E-state index is 12.6. The molecule has 3 nitrogen and oxygen atoms in total. The Hall–Kier alpha value is -2.33. The predicted molar refractivity (Wildman–Crippen MR) is 96.6 cm³/mol. The van der Waals surface area contributed by atoms with Gasteiger partial charge in [0.1, 0.15) is 0 Å². The molecule has 3 rings (SSSR count). The van der Waals surface area contributed by atoms with Crippen molar-refractivity contribution in [1.29, 1.82) is 0 Å². The van der Waals surface area contributed by atoms with E-state index in [0.717, 1.165) is 11.9 Å². The summed E-state index contributed by atoms with van der Waals surface area (Å²) >= 11 is 1.68. The van der Waals surface area contributed by atoms with Crippen molar-refractivity contribution in [3.05, 3.63) is 71.1 Å². The van der Waals surface area contributed by atoms with Gasteiger partial charge in [-0.3, -0.25) is 4.79 Å². The number of fused-ring (bicyclic) bond motifs is 1. The summed E-state index contributed by atoms with van der Waals surface area (Å²) in [4.78, 5) is 18.9. The molecule has 0 saturated carbocycles. The van der Waals surface area contributed by atoms with Crippen LogP contribution >= 0.6 is 11.3 Å². The van der Waals surface area contributed by atoms with Crippen LogP contribution in [0.15, 0.2) is 60.6 Å². The molecule has 0 bridgehead atoms. The molecule has 23 heavy (non-hydrogen) atoms. The van der Waals surface area contributed by atoms with Crippen LogP contribution in [-0.4, -0.2) is 22.3 Å². The lowest BCUT2D eigenvalue weighted by atomic mass is 10.1. The van der Waals surface area contributed by atoms with Crippen molar-refractivity contribution in [3.63, 3.8) is 0 Å². The Morgan fingerprint density at radius 3 is 2.91 bits per heavy atom. The molecular weight excluding hydrogens is 304 g/mol. The number of H-pyrrole nitrogens is 1. The van der Waals surface area contributed by atoms with Crippen molar-refractivity contribution in [2.45, 2.75) is 19.4 Å². The van der Waals surface area contributed by atoms with Crippen LogP contribution in [0.2, 0.25) is 0 Å². The van der Waals surface area contributed by atoms with Gasteiger partial charge in [-0.1, -0.05) is 30.3 Å². The third-order valence-corrected chi connectivity index (χ3v) is 4.77. The minimum atomic E-state index is 0.170. The van der Waals surface area contributed by atoms with Gasteiger partial charge >= 0.3 is 0 Å². The zero-order valence-electron chi connectivity index (χ0n) is 13.0. The molecule has 2 aromatic heterocycles. The van der Waals surface area contributed by atoms with Gasteiger partial charge in [-0.15, -0.1) is 17.9 Å². The van der Waals surface area contributed by atoms with Gasteiger partial charge in [0.15, 0.2) is 0 Å². The van der Waals surface area contributed by atoms with Gasteiger partial charge in [0, 0.05) is 34.9 Å². The molecule has 0 aliphatic rings. The van der Waals surface area contributed by atoms with E-state index in [4.69, 9.17) is 0 Å². The molecule has 0 radical (unpaired) electrons. The summed E-state index contributed by atoms with van der Waals surface area (Å²) in [5.41, 5.74) is 2.32. The third-order valence-electron chi connectivity index (χ3n) is 3.91. The Morgan fingerprint density at radius 2 is 2.13 bits per heavy atom. The highest BCUT2D eigenvalue weighted by Gasteiger charge is 2.14. The predicted octanol–water partition coefficient (Wildman–Crippen LogP) is 4.38. The molecule has 3 aromatic rings. The van der Waals surface area contributed by atoms with Gasteiger partial charge in [-0.2, -0.15) is 0 Å². The first-order valence-electron chi connectivity index (χ1n) is 7.74. The number of hydrogen-bond acceptors (Lipinski definition) is 2. The Balaban J connectivity index is 1.65. The number of aromatic amines is 1. The van der Waals surface area contributed by atoms with Gasteiger partial charge in [0.05, 0.1) is 6.54 Å². The van der Waals surface area contributed by atoms with Gasteiger partial charge < -0.3 is 9.88 Å². The van der Waals surface area contributed by atoms with Crippen LogP contribution in [0.1, 0.15) is 16.9 Å². The quantitative estimate of drug-likeness (QED) is 0.643. The first kappa shape index (κ1) is 15.6. The molecule has 2 heterocycles. The molecule has 0 unspecified atom stereocenters. The number of para-hydroxylation sites is 1. The first-order valence-corrected chi connectivity index (χ1v) is 8.62. The molecule has 0 aliphatic carbocycles. The summed E-state index contributed by atoms with van der Waals surface area (Å²) in [7, 11) is 0. The van der Waals surface area contributed by atoms with Crippen molar-refractivity contribution in [1.82, 2.24) is 9.88 Å². The number of aromatic nitrogens is 1. The maximum absolute atomic E-state index is 12.6. The highest BCUT2D eigenvalue weighted by molar-refractivity contribution is 7.09. The van der Waals surface area contributed by atoms with Crippen LogP contribution in [0, 0.1) is 0 Å². The van der Waals surface area contributed by atoms with Crippen molar-refractivity contribution in [2.24, 2.45) is 0 Å². The fourth-order valence-corrected chi connectivity index (χ4v) is 3.46. The molecule has 0 atom stereocenters. The van der Waals surface area contributed by atoms with Crippen LogP contribution in [0.3, 0.4) is 0 Å². The lowest BCUT2D eigenvalue weighted by Gasteiger charge is -2.20. The summed E-state index contributed by atoms with van der Waals surface area (Å²) in [6, 6.07) is 12.3. The number of carbonyl (C=O) groups is 1. The smallest absolute Gasteiger partial charge is 0.223 e. The van der Waals surface area contributed by atoms with Crippen molar-refractivity contribution in [3.8, 4) is 0 Å². The Labute approximate surface area is 140 Å². The zero-order valence-corrected chi connectivity index (χ0v) is 13.8. The van der Waals surface area contributed by atoms with Crippen LogP contribution in [0.5, 0.6) is 0 Å². The second kappa shape index (κ2) is 7.29. The van der Waals surface area contributed by atoms with E-state index >= 15 is 0 Å². The topological polar surface area (TPSA) is 36.1 Å². The number of nitrogens with one attached hydrogen (secondary N) is 1. The molecule has 0 fully saturated rings. The van der Waals surface area contributed by atoms with Gasteiger partial charge in [0.25, 0.3) is 0 Å². The van der Waals surface area contributed by atoms with Crippen LogP contribution in [0.25, 0.3) is 10.9 Å². The summed E-state index contributed by atoms with van der Waals surface area (Å²) in [6.07, 6.45) is 5.06. The lowest BCUT2D eigenvalue weighted by molar-refractivity contribution is -0.131. The SMILES string of the molecule is C=CCN(Cc1cccs1)C(=O)CCc1c[nH]c2ccccc12. The Morgan fingerprint density at radius 1 is 1.26 bits per heavy atom. The number of rotatable bonds is 7. The number of amides is 1. The van der Waals surface area contributed by atoms with E-state index in [1.165, 1.54) is 15.8 Å². The molecule has 1 aromatic carbocycles. The molecule has 1 amide bonds. The lowest BCUT2D eigenvalue weighted by Crippen LogP contribution is -2.30. The van der Waals surface area contributed by atoms with Gasteiger partial charge in [0.2, 0.25) is 5.91 Å². The van der Waals surface area contributed by atoms with Crippen LogP contribution < -0.4 is 0 Å². The minimum Gasteiger partial charge on any atom is -0.361 e. The van der Waals surface area contributed by atoms with E-state index in [-0.39, 0.29) is 5.91 Å². The van der Waals surface area contributed by atoms with E-state index in [2.05, 4.69) is 29.8 Å². The van der Waals surface area contributed by atoms with Crippen molar-refractivity contribution >= 4 is 28.1 Å². The van der Waals surface area contributed by atoms with E-state index in [1.807, 2.05) is 34.7 Å². The summed E-state index contributed by atoms with van der Waals surface area (Å²) in [5.74, 6) is 0.170. The fraction of sp³-hybridized carbons (Fsp3) is 0.211. The Bertz CT molecular complexity index is 789. The molecule has 0 aliphatic heterocycles. The summed E-state index contributed by atoms with van der Waals surface area (Å²) in [6.45, 7) is 5.02.